The molecule has 0 radical (unpaired) electrons. The number of amides is 1. The maximum atomic E-state index is 12.7. The van der Waals surface area contributed by atoms with E-state index in [0.717, 1.165) is 41.9 Å². The van der Waals surface area contributed by atoms with Gasteiger partial charge in [-0.15, -0.1) is 0 Å². The van der Waals surface area contributed by atoms with Crippen molar-refractivity contribution >= 4 is 5.91 Å². The van der Waals surface area contributed by atoms with E-state index in [1.54, 1.807) is 4.90 Å². The summed E-state index contributed by atoms with van der Waals surface area (Å²) in [4.78, 5) is 18.6. The molecule has 0 N–H and O–H groups in total. The van der Waals surface area contributed by atoms with Gasteiger partial charge >= 0.3 is 6.18 Å². The Morgan fingerprint density at radius 1 is 1.22 bits per heavy atom. The minimum absolute atomic E-state index is 0.0434. The van der Waals surface area contributed by atoms with Gasteiger partial charge < -0.3 is 9.64 Å². The first-order valence-corrected chi connectivity index (χ1v) is 8.79. The van der Waals surface area contributed by atoms with Gasteiger partial charge in [0.05, 0.1) is 17.3 Å². The maximum absolute atomic E-state index is 12.7. The molecule has 1 aromatic carbocycles. The van der Waals surface area contributed by atoms with E-state index >= 15 is 0 Å². The average molecular weight is 378 g/mol. The van der Waals surface area contributed by atoms with Gasteiger partial charge in [-0.2, -0.15) is 13.2 Å². The summed E-state index contributed by atoms with van der Waals surface area (Å²) in [6, 6.07) is 10.6. The summed E-state index contributed by atoms with van der Waals surface area (Å²) in [6.07, 6.45) is -2.15. The average Bonchev–Trinajstić information content (AvgIpc) is 3.12. The Kier molecular flexibility index (Phi) is 5.79. The van der Waals surface area contributed by atoms with Crippen molar-refractivity contribution in [3.8, 4) is 0 Å². The van der Waals surface area contributed by atoms with Crippen molar-refractivity contribution in [2.24, 2.45) is 0 Å². The van der Waals surface area contributed by atoms with Crippen LogP contribution in [0, 0.1) is 0 Å². The molecule has 1 saturated heterocycles. The number of carbonyl (C=O) groups excluding carboxylic acids is 1. The molecule has 0 aliphatic carbocycles. The van der Waals surface area contributed by atoms with Gasteiger partial charge in [-0.05, 0) is 42.7 Å². The number of likely N-dealkylation sites (tertiary alicyclic amines) is 1. The van der Waals surface area contributed by atoms with Crippen molar-refractivity contribution in [2.45, 2.75) is 31.5 Å². The summed E-state index contributed by atoms with van der Waals surface area (Å²) in [5.41, 5.74) is 1.66. The number of hydrogen-bond donors (Lipinski definition) is 0. The number of halogens is 3. The number of aromatic nitrogens is 1. The summed E-state index contributed by atoms with van der Waals surface area (Å²) in [7, 11) is 1.49. The lowest BCUT2D eigenvalue weighted by molar-refractivity contribution is -0.137. The van der Waals surface area contributed by atoms with E-state index in [1.807, 2.05) is 18.2 Å². The fraction of sp³-hybridized carbons (Fsp3) is 0.400. The normalized spacial score (nSPS) is 17.3. The van der Waals surface area contributed by atoms with E-state index in [-0.39, 0.29) is 18.6 Å². The Labute approximate surface area is 156 Å². The van der Waals surface area contributed by atoms with Crippen molar-refractivity contribution in [3.63, 3.8) is 0 Å². The Morgan fingerprint density at radius 2 is 1.96 bits per heavy atom. The molecule has 1 unspecified atom stereocenters. The molecule has 2 heterocycles. The van der Waals surface area contributed by atoms with Crippen molar-refractivity contribution < 1.29 is 22.7 Å². The predicted molar refractivity (Wildman–Crippen MR) is 94.1 cm³/mol. The fourth-order valence-electron chi connectivity index (χ4n) is 3.38. The number of alkyl halides is 3. The first-order chi connectivity index (χ1) is 12.9. The van der Waals surface area contributed by atoms with E-state index in [9.17, 15) is 18.0 Å². The van der Waals surface area contributed by atoms with Crippen LogP contribution in [0.15, 0.2) is 42.5 Å². The van der Waals surface area contributed by atoms with Crippen molar-refractivity contribution in [1.82, 2.24) is 9.88 Å². The standard InChI is InChI=1S/C20H21F3N2O2/c1-27-13-19(26)25-11-3-6-18(25)17-5-2-4-16(24-17)12-14-7-9-15(10-8-14)20(21,22)23/h2,4-5,7-10,18H,3,6,11-13H2,1H3. The molecule has 2 aromatic rings. The highest BCUT2D eigenvalue weighted by Crippen LogP contribution is 2.32. The second-order valence-electron chi connectivity index (χ2n) is 6.60. The third-order valence-electron chi connectivity index (χ3n) is 4.68. The number of carbonyl (C=O) groups is 1. The van der Waals surface area contributed by atoms with E-state index in [2.05, 4.69) is 4.98 Å². The second kappa shape index (κ2) is 8.08. The summed E-state index contributed by atoms with van der Waals surface area (Å²) >= 11 is 0. The van der Waals surface area contributed by atoms with Gasteiger partial charge in [0.1, 0.15) is 6.61 Å². The zero-order valence-electron chi connectivity index (χ0n) is 15.0. The van der Waals surface area contributed by atoms with Crippen LogP contribution in [0.1, 0.15) is 41.4 Å². The van der Waals surface area contributed by atoms with Crippen LogP contribution in [0.25, 0.3) is 0 Å². The zero-order chi connectivity index (χ0) is 19.4. The molecule has 7 heteroatoms. The van der Waals surface area contributed by atoms with Gasteiger partial charge in [0.25, 0.3) is 0 Å². The van der Waals surface area contributed by atoms with Gasteiger partial charge in [-0.25, -0.2) is 0 Å². The monoisotopic (exact) mass is 378 g/mol. The van der Waals surface area contributed by atoms with E-state index < -0.39 is 11.7 Å². The van der Waals surface area contributed by atoms with Crippen LogP contribution in [-0.4, -0.2) is 36.1 Å². The molecule has 1 aliphatic heterocycles. The molecule has 1 fully saturated rings. The highest BCUT2D eigenvalue weighted by molar-refractivity contribution is 5.78. The van der Waals surface area contributed by atoms with Crippen LogP contribution < -0.4 is 0 Å². The van der Waals surface area contributed by atoms with Gasteiger partial charge in [0, 0.05) is 25.8 Å². The van der Waals surface area contributed by atoms with Gasteiger partial charge in [0.2, 0.25) is 5.91 Å². The van der Waals surface area contributed by atoms with Crippen LogP contribution in [0.2, 0.25) is 0 Å². The molecule has 0 bridgehead atoms. The van der Waals surface area contributed by atoms with Gasteiger partial charge in [-0.1, -0.05) is 18.2 Å². The number of benzene rings is 1. The van der Waals surface area contributed by atoms with Crippen molar-refractivity contribution in [1.29, 1.82) is 0 Å². The molecule has 27 heavy (non-hydrogen) atoms. The lowest BCUT2D eigenvalue weighted by Gasteiger charge is -2.24. The molecule has 1 atom stereocenters. The Hall–Kier alpha value is -2.41. The maximum Gasteiger partial charge on any atom is 0.416 e. The quantitative estimate of drug-likeness (QED) is 0.790. The van der Waals surface area contributed by atoms with Crippen LogP contribution >= 0.6 is 0 Å². The van der Waals surface area contributed by atoms with Crippen LogP contribution in [0.5, 0.6) is 0 Å². The second-order valence-corrected chi connectivity index (χ2v) is 6.60. The lowest BCUT2D eigenvalue weighted by atomic mass is 10.1. The largest absolute Gasteiger partial charge is 0.416 e. The van der Waals surface area contributed by atoms with E-state index in [4.69, 9.17) is 4.74 Å². The molecule has 0 spiro atoms. The number of rotatable bonds is 5. The van der Waals surface area contributed by atoms with E-state index in [1.165, 1.54) is 19.2 Å². The minimum Gasteiger partial charge on any atom is -0.375 e. The SMILES string of the molecule is COCC(=O)N1CCCC1c1cccc(Cc2ccc(C(F)(F)F)cc2)n1. The molecular formula is C20H21F3N2O2. The minimum atomic E-state index is -4.34. The van der Waals surface area contributed by atoms with Crippen molar-refractivity contribution in [2.75, 3.05) is 20.3 Å². The Morgan fingerprint density at radius 3 is 2.63 bits per heavy atom. The first-order valence-electron chi connectivity index (χ1n) is 8.79. The van der Waals surface area contributed by atoms with Gasteiger partial charge in [-0.3, -0.25) is 9.78 Å². The lowest BCUT2D eigenvalue weighted by Crippen LogP contribution is -2.33. The molecule has 1 amide bonds. The number of nitrogens with zero attached hydrogens (tertiary/aromatic N) is 2. The number of pyridine rings is 1. The van der Waals surface area contributed by atoms with Crippen LogP contribution in [0.3, 0.4) is 0 Å². The molecule has 1 aromatic heterocycles. The van der Waals surface area contributed by atoms with E-state index in [0.29, 0.717) is 13.0 Å². The summed E-state index contributed by atoms with van der Waals surface area (Å²) < 4.78 is 43.0. The highest BCUT2D eigenvalue weighted by Gasteiger charge is 2.31. The summed E-state index contributed by atoms with van der Waals surface area (Å²) in [5, 5.41) is 0. The topological polar surface area (TPSA) is 42.4 Å². The molecule has 3 rings (SSSR count). The van der Waals surface area contributed by atoms with Crippen LogP contribution in [0.4, 0.5) is 13.2 Å². The summed E-state index contributed by atoms with van der Waals surface area (Å²) in [6.45, 7) is 0.722. The smallest absolute Gasteiger partial charge is 0.375 e. The highest BCUT2D eigenvalue weighted by atomic mass is 19.4. The first kappa shape index (κ1) is 19.4. The molecule has 0 saturated carbocycles. The number of hydrogen-bond acceptors (Lipinski definition) is 3. The van der Waals surface area contributed by atoms with Gasteiger partial charge in [0.15, 0.2) is 0 Å². The number of methoxy groups -OCH3 is 1. The fourth-order valence-corrected chi connectivity index (χ4v) is 3.38. The molecular weight excluding hydrogens is 357 g/mol. The van der Waals surface area contributed by atoms with Crippen molar-refractivity contribution in [3.05, 3.63) is 65.0 Å². The Bertz CT molecular complexity index is 791. The summed E-state index contributed by atoms with van der Waals surface area (Å²) in [5.74, 6) is -0.0602. The number of ether oxygens (including phenoxy) is 1. The molecule has 144 valence electrons. The molecule has 4 nitrogen and oxygen atoms in total. The third-order valence-corrected chi connectivity index (χ3v) is 4.68. The van der Waals surface area contributed by atoms with Crippen LogP contribution in [-0.2, 0) is 22.1 Å². The zero-order valence-corrected chi connectivity index (χ0v) is 15.0. The Balaban J connectivity index is 1.75. The molecule has 1 aliphatic rings. The third kappa shape index (κ3) is 4.66. The predicted octanol–water partition coefficient (Wildman–Crippen LogP) is 4.00.